The third-order valence-corrected chi connectivity index (χ3v) is 7.18. The van der Waals surface area contributed by atoms with Crippen molar-refractivity contribution in [3.05, 3.63) is 140 Å². The molecule has 0 unspecified atom stereocenters. The number of aromatic nitrogens is 6. The van der Waals surface area contributed by atoms with E-state index >= 15 is 0 Å². The Bertz CT molecular complexity index is 2170. The van der Waals surface area contributed by atoms with Crippen LogP contribution in [0, 0.1) is 0 Å². The Labute approximate surface area is 265 Å². The number of fused-ring (bicyclic) bond motifs is 9. The fourth-order valence-corrected chi connectivity index (χ4v) is 5.16. The fraction of sp³-hybridized carbons (Fsp3) is 0. The molecule has 0 fully saturated rings. The zero-order valence-corrected chi connectivity index (χ0v) is 25.9. The molecular weight excluding hydrogens is 721 g/mol. The van der Waals surface area contributed by atoms with Gasteiger partial charge in [0.15, 0.2) is 0 Å². The third kappa shape index (κ3) is 5.64. The van der Waals surface area contributed by atoms with Gasteiger partial charge in [-0.3, -0.25) is 29.9 Å². The predicted octanol–water partition coefficient (Wildman–Crippen LogP) is 7.93. The van der Waals surface area contributed by atoms with Crippen LogP contribution in [0.4, 0.5) is 5.69 Å². The van der Waals surface area contributed by atoms with Crippen LogP contribution < -0.4 is 5.73 Å². The summed E-state index contributed by atoms with van der Waals surface area (Å²) in [6.45, 7) is 0. The largest absolute Gasteiger partial charge is 2.00 e. The van der Waals surface area contributed by atoms with E-state index in [1.165, 1.54) is 0 Å². The van der Waals surface area contributed by atoms with E-state index in [0.29, 0.717) is 0 Å². The maximum absolute atomic E-state index is 5.95. The van der Waals surface area contributed by atoms with Crippen LogP contribution >= 0.6 is 0 Å². The van der Waals surface area contributed by atoms with Crippen LogP contribution in [0.3, 0.4) is 0 Å². The molecule has 44 heavy (non-hydrogen) atoms. The molecule has 0 spiro atoms. The summed E-state index contributed by atoms with van der Waals surface area (Å²) in [5.74, 6) is 0. The van der Waals surface area contributed by atoms with Gasteiger partial charge in [0, 0.05) is 75.2 Å². The average Bonchev–Trinajstić information content (AvgIpc) is 3.09. The van der Waals surface area contributed by atoms with Crippen LogP contribution in [0.15, 0.2) is 140 Å². The normalized spacial score (nSPS) is 10.6. The van der Waals surface area contributed by atoms with E-state index < -0.39 is 0 Å². The van der Waals surface area contributed by atoms with E-state index in [-0.39, 0.29) is 19.8 Å². The molecule has 6 aromatic heterocycles. The van der Waals surface area contributed by atoms with Crippen LogP contribution in [0.1, 0.15) is 0 Å². The van der Waals surface area contributed by atoms with Gasteiger partial charge in [-0.1, -0.05) is 54.6 Å². The third-order valence-electron chi connectivity index (χ3n) is 7.18. The molecule has 3 aromatic carbocycles. The van der Waals surface area contributed by atoms with Crippen molar-refractivity contribution < 1.29 is 19.8 Å². The van der Waals surface area contributed by atoms with Gasteiger partial charge in [-0.25, -0.2) is 0 Å². The number of hydrogen-bond acceptors (Lipinski definition) is 7. The van der Waals surface area contributed by atoms with Gasteiger partial charge in [0.25, 0.3) is 0 Å². The molecule has 0 saturated carbocycles. The second-order valence-corrected chi connectivity index (χ2v) is 9.87. The average molecular weight is 746 g/mol. The number of benzene rings is 3. The van der Waals surface area contributed by atoms with Gasteiger partial charge < -0.3 is 5.73 Å². The van der Waals surface area contributed by atoms with E-state index in [1.54, 1.807) is 37.2 Å². The summed E-state index contributed by atoms with van der Waals surface area (Å²) in [6.07, 6.45) is 10.7. The summed E-state index contributed by atoms with van der Waals surface area (Å²) in [5, 5.41) is 6.54. The molecule has 9 rings (SSSR count). The zero-order chi connectivity index (χ0) is 29.0. The van der Waals surface area contributed by atoms with Crippen LogP contribution in [0.2, 0.25) is 0 Å². The smallest absolute Gasteiger partial charge is 0.398 e. The molecule has 0 amide bonds. The van der Waals surface area contributed by atoms with Crippen molar-refractivity contribution >= 4 is 71.1 Å². The number of anilines is 1. The molecular formula is C36H25N7Os+2. The van der Waals surface area contributed by atoms with E-state index in [4.69, 9.17) is 5.73 Å². The summed E-state index contributed by atoms with van der Waals surface area (Å²) in [7, 11) is 0. The molecule has 7 nitrogen and oxygen atoms in total. The van der Waals surface area contributed by atoms with Crippen molar-refractivity contribution in [2.45, 2.75) is 0 Å². The maximum atomic E-state index is 5.95. The van der Waals surface area contributed by atoms with Gasteiger partial charge >= 0.3 is 19.8 Å². The minimum atomic E-state index is 0. The van der Waals surface area contributed by atoms with Gasteiger partial charge in [-0.05, 0) is 48.5 Å². The first-order valence-corrected chi connectivity index (χ1v) is 13.8. The Morgan fingerprint density at radius 1 is 0.341 bits per heavy atom. The Morgan fingerprint density at radius 3 is 1.02 bits per heavy atom. The fourth-order valence-electron chi connectivity index (χ4n) is 5.16. The minimum absolute atomic E-state index is 0. The van der Waals surface area contributed by atoms with Gasteiger partial charge in [0.2, 0.25) is 0 Å². The number of nitrogens with zero attached hydrogens (tertiary/aromatic N) is 6. The quantitative estimate of drug-likeness (QED) is 0.124. The van der Waals surface area contributed by atoms with Gasteiger partial charge in [-0.15, -0.1) is 0 Å². The van der Waals surface area contributed by atoms with Crippen LogP contribution in [0.5, 0.6) is 0 Å². The second-order valence-electron chi connectivity index (χ2n) is 9.87. The van der Waals surface area contributed by atoms with E-state index in [1.807, 2.05) is 54.6 Å². The number of nitrogen functional groups attached to an aromatic ring is 1. The number of nitrogens with two attached hydrogens (primary N) is 1. The topological polar surface area (TPSA) is 103 Å². The molecule has 0 bridgehead atoms. The van der Waals surface area contributed by atoms with Crippen molar-refractivity contribution in [2.24, 2.45) is 0 Å². The predicted molar refractivity (Wildman–Crippen MR) is 176 cm³/mol. The monoisotopic (exact) mass is 747 g/mol. The Hall–Kier alpha value is -5.44. The number of hydrogen-bond donors (Lipinski definition) is 1. The Morgan fingerprint density at radius 2 is 0.636 bits per heavy atom. The number of rotatable bonds is 0. The molecule has 9 aromatic rings. The molecule has 0 aliphatic carbocycles. The van der Waals surface area contributed by atoms with Crippen molar-refractivity contribution in [2.75, 3.05) is 5.73 Å². The van der Waals surface area contributed by atoms with Crippen molar-refractivity contribution in [3.8, 4) is 0 Å². The van der Waals surface area contributed by atoms with Crippen LogP contribution in [-0.2, 0) is 19.8 Å². The molecule has 0 aliphatic heterocycles. The summed E-state index contributed by atoms with van der Waals surface area (Å²) < 4.78 is 0. The van der Waals surface area contributed by atoms with Gasteiger partial charge in [-0.2, -0.15) is 0 Å². The molecule has 210 valence electrons. The summed E-state index contributed by atoms with van der Waals surface area (Å²) in [6, 6.07) is 34.0. The number of pyridine rings is 6. The maximum Gasteiger partial charge on any atom is 2.00 e. The summed E-state index contributed by atoms with van der Waals surface area (Å²) in [5.41, 5.74) is 12.4. The molecule has 0 saturated heterocycles. The van der Waals surface area contributed by atoms with Gasteiger partial charge in [0.1, 0.15) is 0 Å². The molecule has 0 radical (unpaired) electrons. The molecule has 0 atom stereocenters. The van der Waals surface area contributed by atoms with E-state index in [0.717, 1.165) is 71.1 Å². The first kappa shape index (κ1) is 28.7. The van der Waals surface area contributed by atoms with Crippen molar-refractivity contribution in [1.29, 1.82) is 0 Å². The standard InChI is InChI=1S/C12H9N3.2C12H8N2.Os/c13-10-7-8-3-1-5-14-11(8)12-9(10)4-2-6-15-12;2*1-3-9-5-6-10-4-2-8-14-12(10)11(9)13-7-1;/h1-7H,13H2;2*1-8H;/q;;;+2. The zero-order valence-electron chi connectivity index (χ0n) is 23.4. The second kappa shape index (κ2) is 12.8. The molecule has 6 heterocycles. The molecule has 8 heteroatoms. The first-order valence-electron chi connectivity index (χ1n) is 13.8. The van der Waals surface area contributed by atoms with Gasteiger partial charge in [0.05, 0.1) is 33.1 Å². The van der Waals surface area contributed by atoms with Crippen molar-refractivity contribution in [3.63, 3.8) is 0 Å². The van der Waals surface area contributed by atoms with Crippen LogP contribution in [-0.4, -0.2) is 29.9 Å². The molecule has 0 aliphatic rings. The molecule has 2 N–H and O–H groups in total. The SMILES string of the molecule is Nc1cc2cccnc2c2ncccc12.[Os+2].c1cnc2c(c1)ccc1cccnc12.c1cnc2c(c1)ccc1cccnc12. The van der Waals surface area contributed by atoms with Crippen LogP contribution in [0.25, 0.3) is 65.4 Å². The Balaban J connectivity index is 0.000000116. The van der Waals surface area contributed by atoms with Crippen molar-refractivity contribution in [1.82, 2.24) is 29.9 Å². The summed E-state index contributed by atoms with van der Waals surface area (Å²) in [4.78, 5) is 26.0. The minimum Gasteiger partial charge on any atom is -0.398 e. The van der Waals surface area contributed by atoms with E-state index in [2.05, 4.69) is 78.4 Å². The Kier molecular flexibility index (Phi) is 8.36. The first-order chi connectivity index (χ1) is 21.3. The van der Waals surface area contributed by atoms with E-state index in [9.17, 15) is 0 Å². The summed E-state index contributed by atoms with van der Waals surface area (Å²) >= 11 is 0.